The average molecular weight is 374 g/mol. The SMILES string of the molecule is Cc1nc2ccccc2n1C1CN(C(=O)CN2C(=O)c3ccccc3C2=O)C1. The number of hydrogen-bond acceptors (Lipinski definition) is 4. The first-order chi connectivity index (χ1) is 13.5. The minimum atomic E-state index is -0.400. The Kier molecular flexibility index (Phi) is 3.58. The lowest BCUT2D eigenvalue weighted by atomic mass is 10.1. The zero-order valence-corrected chi connectivity index (χ0v) is 15.3. The third kappa shape index (κ3) is 2.36. The van der Waals surface area contributed by atoms with Crippen LogP contribution in [0, 0.1) is 6.92 Å². The molecule has 0 N–H and O–H groups in total. The van der Waals surface area contributed by atoms with E-state index in [2.05, 4.69) is 9.55 Å². The van der Waals surface area contributed by atoms with Crippen LogP contribution in [0.15, 0.2) is 48.5 Å². The van der Waals surface area contributed by atoms with Crippen molar-refractivity contribution in [3.05, 3.63) is 65.5 Å². The van der Waals surface area contributed by atoms with E-state index in [1.165, 1.54) is 0 Å². The molecule has 1 saturated heterocycles. The van der Waals surface area contributed by atoms with E-state index < -0.39 is 11.8 Å². The van der Waals surface area contributed by atoms with Crippen LogP contribution < -0.4 is 0 Å². The van der Waals surface area contributed by atoms with Crippen molar-refractivity contribution in [3.63, 3.8) is 0 Å². The highest BCUT2D eigenvalue weighted by molar-refractivity contribution is 6.22. The minimum absolute atomic E-state index is 0.151. The van der Waals surface area contributed by atoms with E-state index in [1.54, 1.807) is 29.2 Å². The molecule has 2 aromatic carbocycles. The maximum Gasteiger partial charge on any atom is 0.262 e. The Morgan fingerprint density at radius 2 is 1.61 bits per heavy atom. The van der Waals surface area contributed by atoms with Crippen LogP contribution in [-0.4, -0.2) is 56.7 Å². The Labute approximate surface area is 161 Å². The molecule has 0 aliphatic carbocycles. The number of carbonyl (C=O) groups is 3. The molecule has 0 unspecified atom stereocenters. The van der Waals surface area contributed by atoms with Gasteiger partial charge in [0.1, 0.15) is 12.4 Å². The summed E-state index contributed by atoms with van der Waals surface area (Å²) in [6, 6.07) is 14.8. The van der Waals surface area contributed by atoms with Crippen LogP contribution in [0.25, 0.3) is 11.0 Å². The molecule has 3 aromatic rings. The molecular weight excluding hydrogens is 356 g/mol. The predicted octanol–water partition coefficient (Wildman–Crippen LogP) is 2.02. The van der Waals surface area contributed by atoms with Crippen LogP contribution in [0.5, 0.6) is 0 Å². The number of hydrogen-bond donors (Lipinski definition) is 0. The maximum absolute atomic E-state index is 12.6. The third-order valence-electron chi connectivity index (χ3n) is 5.52. The number of aryl methyl sites for hydroxylation is 1. The van der Waals surface area contributed by atoms with Gasteiger partial charge >= 0.3 is 0 Å². The number of imidazole rings is 1. The van der Waals surface area contributed by atoms with Gasteiger partial charge in [0.25, 0.3) is 11.8 Å². The molecule has 7 nitrogen and oxygen atoms in total. The van der Waals surface area contributed by atoms with Gasteiger partial charge in [0, 0.05) is 13.1 Å². The summed E-state index contributed by atoms with van der Waals surface area (Å²) in [5.74, 6) is -0.101. The summed E-state index contributed by atoms with van der Waals surface area (Å²) < 4.78 is 2.15. The Hall–Kier alpha value is -3.48. The van der Waals surface area contributed by atoms with E-state index in [1.807, 2.05) is 31.2 Å². The van der Waals surface area contributed by atoms with Crippen molar-refractivity contribution in [1.82, 2.24) is 19.4 Å². The van der Waals surface area contributed by atoms with Crippen LogP contribution in [-0.2, 0) is 4.79 Å². The van der Waals surface area contributed by atoms with Crippen LogP contribution >= 0.6 is 0 Å². The monoisotopic (exact) mass is 374 g/mol. The van der Waals surface area contributed by atoms with Crippen LogP contribution in [0.1, 0.15) is 32.6 Å². The Morgan fingerprint density at radius 3 is 2.29 bits per heavy atom. The number of rotatable bonds is 3. The topological polar surface area (TPSA) is 75.5 Å². The number of imide groups is 1. The number of benzene rings is 2. The molecule has 28 heavy (non-hydrogen) atoms. The Morgan fingerprint density at radius 1 is 1.00 bits per heavy atom. The number of amides is 3. The summed E-state index contributed by atoms with van der Waals surface area (Å²) in [6.45, 7) is 2.83. The number of carbonyl (C=O) groups excluding carboxylic acids is 3. The number of nitrogens with zero attached hydrogens (tertiary/aromatic N) is 4. The third-order valence-corrected chi connectivity index (χ3v) is 5.52. The largest absolute Gasteiger partial charge is 0.337 e. The summed E-state index contributed by atoms with van der Waals surface area (Å²) in [5.41, 5.74) is 2.72. The summed E-state index contributed by atoms with van der Waals surface area (Å²) in [7, 11) is 0. The molecule has 0 bridgehead atoms. The standard InChI is InChI=1S/C21H18N4O3/c1-13-22-17-8-4-5-9-18(17)25(13)14-10-23(11-14)19(26)12-24-20(27)15-6-2-3-7-16(15)21(24)28/h2-9,14H,10-12H2,1H3. The molecule has 1 aromatic heterocycles. The second kappa shape index (κ2) is 6.02. The van der Waals surface area contributed by atoms with Crippen molar-refractivity contribution in [2.24, 2.45) is 0 Å². The lowest BCUT2D eigenvalue weighted by molar-refractivity contribution is -0.137. The van der Waals surface area contributed by atoms with Crippen molar-refractivity contribution >= 4 is 28.8 Å². The summed E-state index contributed by atoms with van der Waals surface area (Å²) in [5, 5.41) is 0. The molecule has 3 amide bonds. The van der Waals surface area contributed by atoms with Gasteiger partial charge in [-0.05, 0) is 31.2 Å². The zero-order valence-electron chi connectivity index (χ0n) is 15.3. The van der Waals surface area contributed by atoms with Crippen molar-refractivity contribution in [2.75, 3.05) is 19.6 Å². The number of aromatic nitrogens is 2. The van der Waals surface area contributed by atoms with E-state index in [0.29, 0.717) is 24.2 Å². The quantitative estimate of drug-likeness (QED) is 0.658. The van der Waals surface area contributed by atoms with Gasteiger partial charge in [-0.15, -0.1) is 0 Å². The molecule has 2 aliphatic rings. The predicted molar refractivity (Wildman–Crippen MR) is 102 cm³/mol. The second-order valence-electron chi connectivity index (χ2n) is 7.21. The molecule has 1 fully saturated rings. The molecule has 0 atom stereocenters. The van der Waals surface area contributed by atoms with E-state index >= 15 is 0 Å². The summed E-state index contributed by atoms with van der Waals surface area (Å²) in [6.07, 6.45) is 0. The molecule has 0 radical (unpaired) electrons. The van der Waals surface area contributed by atoms with Gasteiger partial charge in [-0.3, -0.25) is 19.3 Å². The Balaban J connectivity index is 1.28. The first-order valence-corrected chi connectivity index (χ1v) is 9.21. The maximum atomic E-state index is 12.6. The molecular formula is C21H18N4O3. The van der Waals surface area contributed by atoms with Crippen molar-refractivity contribution in [3.8, 4) is 0 Å². The highest BCUT2D eigenvalue weighted by atomic mass is 16.2. The molecule has 3 heterocycles. The van der Waals surface area contributed by atoms with Gasteiger partial charge in [-0.2, -0.15) is 0 Å². The van der Waals surface area contributed by atoms with E-state index in [-0.39, 0.29) is 18.5 Å². The fourth-order valence-corrected chi connectivity index (χ4v) is 4.07. The van der Waals surface area contributed by atoms with Gasteiger partial charge in [-0.25, -0.2) is 4.98 Å². The van der Waals surface area contributed by atoms with Crippen molar-refractivity contribution in [2.45, 2.75) is 13.0 Å². The molecule has 140 valence electrons. The van der Waals surface area contributed by atoms with Crippen molar-refractivity contribution < 1.29 is 14.4 Å². The fraction of sp³-hybridized carbons (Fsp3) is 0.238. The van der Waals surface area contributed by atoms with Crippen LogP contribution in [0.2, 0.25) is 0 Å². The highest BCUT2D eigenvalue weighted by Gasteiger charge is 2.39. The fourth-order valence-electron chi connectivity index (χ4n) is 4.07. The number of fused-ring (bicyclic) bond motifs is 2. The van der Waals surface area contributed by atoms with Crippen LogP contribution in [0.4, 0.5) is 0 Å². The Bertz CT molecular complexity index is 1110. The van der Waals surface area contributed by atoms with Gasteiger partial charge in [-0.1, -0.05) is 24.3 Å². The normalized spacial score (nSPS) is 16.6. The number of likely N-dealkylation sites (tertiary alicyclic amines) is 1. The molecule has 2 aliphatic heterocycles. The lowest BCUT2D eigenvalue weighted by Crippen LogP contribution is -2.54. The second-order valence-corrected chi connectivity index (χ2v) is 7.21. The van der Waals surface area contributed by atoms with E-state index in [0.717, 1.165) is 21.8 Å². The number of para-hydroxylation sites is 2. The average Bonchev–Trinajstić information content (AvgIpc) is 3.11. The summed E-state index contributed by atoms with van der Waals surface area (Å²) in [4.78, 5) is 44.8. The molecule has 7 heteroatoms. The zero-order chi connectivity index (χ0) is 19.4. The van der Waals surface area contributed by atoms with E-state index in [4.69, 9.17) is 0 Å². The first-order valence-electron chi connectivity index (χ1n) is 9.21. The van der Waals surface area contributed by atoms with Crippen molar-refractivity contribution in [1.29, 1.82) is 0 Å². The molecule has 5 rings (SSSR count). The lowest BCUT2D eigenvalue weighted by Gasteiger charge is -2.41. The molecule has 0 saturated carbocycles. The molecule has 0 spiro atoms. The smallest absolute Gasteiger partial charge is 0.262 e. The summed E-state index contributed by atoms with van der Waals surface area (Å²) >= 11 is 0. The minimum Gasteiger partial charge on any atom is -0.337 e. The van der Waals surface area contributed by atoms with E-state index in [9.17, 15) is 14.4 Å². The van der Waals surface area contributed by atoms with Gasteiger partial charge < -0.3 is 9.47 Å². The van der Waals surface area contributed by atoms with Gasteiger partial charge in [0.05, 0.1) is 28.2 Å². The first kappa shape index (κ1) is 16.7. The van der Waals surface area contributed by atoms with Gasteiger partial charge in [0.15, 0.2) is 0 Å². The highest BCUT2D eigenvalue weighted by Crippen LogP contribution is 2.29. The van der Waals surface area contributed by atoms with Crippen LogP contribution in [0.3, 0.4) is 0 Å². The van der Waals surface area contributed by atoms with Gasteiger partial charge in [0.2, 0.25) is 5.91 Å².